The summed E-state index contributed by atoms with van der Waals surface area (Å²) < 4.78 is 5.39. The highest BCUT2D eigenvalue weighted by atomic mass is 35.5. The van der Waals surface area contributed by atoms with Gasteiger partial charge in [0.1, 0.15) is 0 Å². The van der Waals surface area contributed by atoms with E-state index in [9.17, 15) is 4.79 Å². The summed E-state index contributed by atoms with van der Waals surface area (Å²) in [5.74, 6) is 0.249. The number of pyridine rings is 1. The van der Waals surface area contributed by atoms with Gasteiger partial charge in [0.25, 0.3) is 0 Å². The molecular weight excluding hydrogens is 350 g/mol. The van der Waals surface area contributed by atoms with Gasteiger partial charge in [-0.2, -0.15) is 0 Å². The van der Waals surface area contributed by atoms with Crippen molar-refractivity contribution in [3.8, 4) is 0 Å². The van der Waals surface area contributed by atoms with E-state index in [1.807, 2.05) is 29.2 Å². The molecule has 138 valence electrons. The summed E-state index contributed by atoms with van der Waals surface area (Å²) >= 11 is 6.33. The number of morpholine rings is 1. The lowest BCUT2D eigenvalue weighted by Crippen LogP contribution is -2.53. The Kier molecular flexibility index (Phi) is 5.38. The molecule has 2 fully saturated rings. The monoisotopic (exact) mass is 373 g/mol. The highest BCUT2D eigenvalue weighted by Crippen LogP contribution is 2.28. The number of benzene rings is 1. The third-order valence-electron chi connectivity index (χ3n) is 5.39. The minimum Gasteiger partial charge on any atom is -0.378 e. The number of fused-ring (bicyclic) bond motifs is 1. The summed E-state index contributed by atoms with van der Waals surface area (Å²) in [4.78, 5) is 21.9. The second kappa shape index (κ2) is 7.91. The predicted molar refractivity (Wildman–Crippen MR) is 102 cm³/mol. The van der Waals surface area contributed by atoms with E-state index in [0.717, 1.165) is 53.8 Å². The number of amides is 1. The smallest absolute Gasteiger partial charge is 0.240 e. The molecule has 3 heterocycles. The normalized spacial score (nSPS) is 21.9. The Labute approximate surface area is 158 Å². The Balaban J connectivity index is 1.57. The van der Waals surface area contributed by atoms with Crippen molar-refractivity contribution in [1.82, 2.24) is 14.8 Å². The van der Waals surface area contributed by atoms with Crippen LogP contribution in [0.3, 0.4) is 0 Å². The highest BCUT2D eigenvalue weighted by molar-refractivity contribution is 6.35. The predicted octanol–water partition coefficient (Wildman–Crippen LogP) is 3.10. The number of aromatic nitrogens is 1. The van der Waals surface area contributed by atoms with Gasteiger partial charge in [-0.05, 0) is 43.1 Å². The number of rotatable bonds is 3. The number of carbonyl (C=O) groups excluding carboxylic acids is 1. The molecule has 0 aliphatic carbocycles. The zero-order chi connectivity index (χ0) is 17.9. The van der Waals surface area contributed by atoms with Gasteiger partial charge in [0.15, 0.2) is 0 Å². The average molecular weight is 374 g/mol. The number of halogens is 1. The molecular formula is C20H24ClN3O2. The van der Waals surface area contributed by atoms with Crippen molar-refractivity contribution in [3.63, 3.8) is 0 Å². The zero-order valence-electron chi connectivity index (χ0n) is 14.9. The van der Waals surface area contributed by atoms with Crippen molar-refractivity contribution >= 4 is 28.4 Å². The summed E-state index contributed by atoms with van der Waals surface area (Å²) in [7, 11) is 0. The van der Waals surface area contributed by atoms with E-state index in [1.165, 1.54) is 0 Å². The molecule has 5 nitrogen and oxygen atoms in total. The van der Waals surface area contributed by atoms with Crippen LogP contribution in [0.2, 0.25) is 5.02 Å². The minimum absolute atomic E-state index is 0.0451. The Bertz CT molecular complexity index is 792. The summed E-state index contributed by atoms with van der Waals surface area (Å²) in [5, 5.41) is 1.69. The standard InChI is InChI=1S/C20H24ClN3O2/c21-17-7-6-15(19-16(17)4-3-8-22-19)14-24-9-2-1-5-18(24)20(25)23-10-12-26-13-11-23/h3-4,6-8,18H,1-2,5,9-14H2. The molecule has 2 saturated heterocycles. The third-order valence-corrected chi connectivity index (χ3v) is 5.72. The van der Waals surface area contributed by atoms with Crippen LogP contribution < -0.4 is 0 Å². The van der Waals surface area contributed by atoms with Gasteiger partial charge in [-0.3, -0.25) is 14.7 Å². The van der Waals surface area contributed by atoms with Gasteiger partial charge in [-0.15, -0.1) is 0 Å². The molecule has 0 spiro atoms. The molecule has 2 aliphatic rings. The maximum atomic E-state index is 13.1. The molecule has 2 aliphatic heterocycles. The number of likely N-dealkylation sites (tertiary alicyclic amines) is 1. The van der Waals surface area contributed by atoms with Crippen molar-refractivity contribution in [1.29, 1.82) is 0 Å². The Morgan fingerprint density at radius 2 is 2.04 bits per heavy atom. The van der Waals surface area contributed by atoms with Crippen molar-refractivity contribution in [2.24, 2.45) is 0 Å². The lowest BCUT2D eigenvalue weighted by molar-refractivity contribution is -0.142. The van der Waals surface area contributed by atoms with Gasteiger partial charge in [-0.1, -0.05) is 24.1 Å². The fourth-order valence-electron chi connectivity index (χ4n) is 4.00. The summed E-state index contributed by atoms with van der Waals surface area (Å²) in [6.45, 7) is 4.36. The van der Waals surface area contributed by atoms with Crippen LogP contribution in [0.25, 0.3) is 10.9 Å². The minimum atomic E-state index is -0.0451. The number of hydrogen-bond donors (Lipinski definition) is 0. The third kappa shape index (κ3) is 3.56. The van der Waals surface area contributed by atoms with Crippen LogP contribution in [-0.4, -0.2) is 59.6 Å². The first kappa shape index (κ1) is 17.7. The molecule has 0 bridgehead atoms. The van der Waals surface area contributed by atoms with E-state index in [-0.39, 0.29) is 11.9 Å². The van der Waals surface area contributed by atoms with Crippen LogP contribution >= 0.6 is 11.6 Å². The number of carbonyl (C=O) groups is 1. The lowest BCUT2D eigenvalue weighted by atomic mass is 9.99. The summed E-state index contributed by atoms with van der Waals surface area (Å²) in [6, 6.07) is 7.84. The Hall–Kier alpha value is -1.69. The fourth-order valence-corrected chi connectivity index (χ4v) is 4.21. The van der Waals surface area contributed by atoms with Crippen LogP contribution in [0, 0.1) is 0 Å². The van der Waals surface area contributed by atoms with Crippen LogP contribution in [0.4, 0.5) is 0 Å². The van der Waals surface area contributed by atoms with E-state index < -0.39 is 0 Å². The first-order chi connectivity index (χ1) is 12.7. The molecule has 1 unspecified atom stereocenters. The molecule has 0 radical (unpaired) electrons. The molecule has 1 aromatic heterocycles. The molecule has 2 aromatic rings. The first-order valence-corrected chi connectivity index (χ1v) is 9.74. The average Bonchev–Trinajstić information content (AvgIpc) is 2.71. The Morgan fingerprint density at radius 1 is 1.19 bits per heavy atom. The molecule has 1 aromatic carbocycles. The Morgan fingerprint density at radius 3 is 2.88 bits per heavy atom. The van der Waals surface area contributed by atoms with E-state index in [0.29, 0.717) is 26.3 Å². The van der Waals surface area contributed by atoms with Crippen LogP contribution in [0.5, 0.6) is 0 Å². The molecule has 6 heteroatoms. The maximum absolute atomic E-state index is 13.1. The van der Waals surface area contributed by atoms with Crippen LogP contribution in [0.15, 0.2) is 30.5 Å². The van der Waals surface area contributed by atoms with Gasteiger partial charge in [0.2, 0.25) is 5.91 Å². The molecule has 0 N–H and O–H groups in total. The molecule has 26 heavy (non-hydrogen) atoms. The van der Waals surface area contributed by atoms with Crippen molar-refractivity contribution in [3.05, 3.63) is 41.0 Å². The van der Waals surface area contributed by atoms with Crippen molar-refractivity contribution in [2.75, 3.05) is 32.8 Å². The maximum Gasteiger partial charge on any atom is 0.240 e. The van der Waals surface area contributed by atoms with E-state index >= 15 is 0 Å². The summed E-state index contributed by atoms with van der Waals surface area (Å²) in [5.41, 5.74) is 2.06. The van der Waals surface area contributed by atoms with Gasteiger partial charge in [-0.25, -0.2) is 0 Å². The van der Waals surface area contributed by atoms with E-state index in [4.69, 9.17) is 16.3 Å². The number of hydrogen-bond acceptors (Lipinski definition) is 4. The first-order valence-electron chi connectivity index (χ1n) is 9.37. The molecule has 1 amide bonds. The van der Waals surface area contributed by atoms with Gasteiger partial charge in [0.05, 0.1) is 24.8 Å². The lowest BCUT2D eigenvalue weighted by Gasteiger charge is -2.38. The van der Waals surface area contributed by atoms with Crippen molar-refractivity contribution < 1.29 is 9.53 Å². The van der Waals surface area contributed by atoms with E-state index in [2.05, 4.69) is 9.88 Å². The topological polar surface area (TPSA) is 45.7 Å². The fraction of sp³-hybridized carbons (Fsp3) is 0.500. The van der Waals surface area contributed by atoms with Gasteiger partial charge in [0, 0.05) is 36.2 Å². The second-order valence-corrected chi connectivity index (χ2v) is 7.43. The second-order valence-electron chi connectivity index (χ2n) is 7.03. The molecule has 0 saturated carbocycles. The number of ether oxygens (including phenoxy) is 1. The van der Waals surface area contributed by atoms with Crippen molar-refractivity contribution in [2.45, 2.75) is 31.8 Å². The number of nitrogens with zero attached hydrogens (tertiary/aromatic N) is 3. The SMILES string of the molecule is O=C(C1CCCCN1Cc1ccc(Cl)c2cccnc12)N1CCOCC1. The zero-order valence-corrected chi connectivity index (χ0v) is 15.6. The quantitative estimate of drug-likeness (QED) is 0.829. The number of piperidine rings is 1. The summed E-state index contributed by atoms with van der Waals surface area (Å²) in [6.07, 6.45) is 4.96. The molecule has 1 atom stereocenters. The largest absolute Gasteiger partial charge is 0.378 e. The van der Waals surface area contributed by atoms with Crippen LogP contribution in [0.1, 0.15) is 24.8 Å². The van der Waals surface area contributed by atoms with Gasteiger partial charge < -0.3 is 9.64 Å². The highest BCUT2D eigenvalue weighted by Gasteiger charge is 2.32. The van der Waals surface area contributed by atoms with E-state index in [1.54, 1.807) is 6.20 Å². The van der Waals surface area contributed by atoms with Gasteiger partial charge >= 0.3 is 0 Å². The molecule has 4 rings (SSSR count). The van der Waals surface area contributed by atoms with Crippen LogP contribution in [-0.2, 0) is 16.1 Å².